The topological polar surface area (TPSA) is 37.8 Å². The van der Waals surface area contributed by atoms with Gasteiger partial charge in [0.2, 0.25) is 0 Å². The van der Waals surface area contributed by atoms with Crippen LogP contribution in [0.4, 0.5) is 0 Å². The summed E-state index contributed by atoms with van der Waals surface area (Å²) in [6, 6.07) is 0. The van der Waals surface area contributed by atoms with E-state index in [1.165, 1.54) is 10.6 Å². The predicted octanol–water partition coefficient (Wildman–Crippen LogP) is 1.91. The van der Waals surface area contributed by atoms with Gasteiger partial charge in [-0.05, 0) is 0 Å². The number of hydrogen-bond donors (Lipinski definition) is 1. The summed E-state index contributed by atoms with van der Waals surface area (Å²) in [5, 5.41) is 6.47. The van der Waals surface area contributed by atoms with Crippen LogP contribution in [0.15, 0.2) is 10.9 Å². The van der Waals surface area contributed by atoms with E-state index in [4.69, 9.17) is 0 Å². The molecule has 0 radical (unpaired) electrons. The second-order valence-electron chi connectivity index (χ2n) is 3.19. The van der Waals surface area contributed by atoms with Crippen LogP contribution in [0.5, 0.6) is 0 Å². The molecule has 5 heteroatoms. The summed E-state index contributed by atoms with van der Waals surface area (Å²) in [5.74, 6) is 0. The molecule has 0 bridgehead atoms. The highest BCUT2D eigenvalue weighted by molar-refractivity contribution is 7.15. The molecule has 14 heavy (non-hydrogen) atoms. The van der Waals surface area contributed by atoms with Crippen LogP contribution in [-0.2, 0) is 13.0 Å². The highest BCUT2D eigenvalue weighted by Gasteiger charge is 2.15. The van der Waals surface area contributed by atoms with Gasteiger partial charge in [0.25, 0.3) is 0 Å². The van der Waals surface area contributed by atoms with E-state index in [1.54, 1.807) is 22.7 Å². The van der Waals surface area contributed by atoms with Gasteiger partial charge in [-0.15, -0.1) is 22.7 Å². The Morgan fingerprint density at radius 3 is 3.21 bits per heavy atom. The fraction of sp³-hybridized carbons (Fsp3) is 0.333. The zero-order valence-corrected chi connectivity index (χ0v) is 9.12. The van der Waals surface area contributed by atoms with Crippen LogP contribution in [0.1, 0.15) is 10.6 Å². The molecule has 3 heterocycles. The monoisotopic (exact) mass is 223 g/mol. The van der Waals surface area contributed by atoms with Crippen molar-refractivity contribution < 1.29 is 0 Å². The lowest BCUT2D eigenvalue weighted by molar-refractivity contribution is 0.644. The Balaban J connectivity index is 2.04. The minimum atomic E-state index is 0.969. The molecule has 0 saturated carbocycles. The molecule has 0 aliphatic carbocycles. The highest BCUT2D eigenvalue weighted by atomic mass is 32.1. The number of nitrogens with one attached hydrogen (secondary N) is 1. The van der Waals surface area contributed by atoms with Gasteiger partial charge in [0, 0.05) is 29.8 Å². The van der Waals surface area contributed by atoms with Crippen LogP contribution >= 0.6 is 22.7 Å². The lowest BCUT2D eigenvalue weighted by Gasteiger charge is -2.09. The molecule has 0 amide bonds. The van der Waals surface area contributed by atoms with Crippen molar-refractivity contribution in [3.05, 3.63) is 21.5 Å². The van der Waals surface area contributed by atoms with E-state index >= 15 is 0 Å². The molecule has 3 nitrogen and oxygen atoms in total. The van der Waals surface area contributed by atoms with E-state index in [-0.39, 0.29) is 0 Å². The third-order valence-corrected chi connectivity index (χ3v) is 3.96. The van der Waals surface area contributed by atoms with Gasteiger partial charge in [0.1, 0.15) is 10.7 Å². The van der Waals surface area contributed by atoms with E-state index in [9.17, 15) is 0 Å². The Hall–Kier alpha value is -0.780. The third-order valence-electron chi connectivity index (χ3n) is 2.25. The standard InChI is InChI=1S/C9H9N3S2/c1-2-10-3-8-6(1)12-9(14-8)7-4-13-5-11-7/h4-5,10H,1-3H2. The molecule has 1 aliphatic rings. The van der Waals surface area contributed by atoms with Crippen LogP contribution in [0, 0.1) is 0 Å². The minimum absolute atomic E-state index is 0.969. The molecule has 2 aromatic heterocycles. The van der Waals surface area contributed by atoms with E-state index in [0.29, 0.717) is 0 Å². The summed E-state index contributed by atoms with van der Waals surface area (Å²) in [4.78, 5) is 10.3. The normalized spacial score (nSPS) is 15.4. The Morgan fingerprint density at radius 2 is 2.43 bits per heavy atom. The van der Waals surface area contributed by atoms with Crippen LogP contribution in [-0.4, -0.2) is 16.5 Å². The SMILES string of the molecule is c1nc(-c2nc3c(s2)CNCC3)cs1. The van der Waals surface area contributed by atoms with E-state index in [1.807, 2.05) is 5.51 Å². The van der Waals surface area contributed by atoms with Crippen LogP contribution in [0.25, 0.3) is 10.7 Å². The maximum atomic E-state index is 4.62. The molecular weight excluding hydrogens is 214 g/mol. The number of fused-ring (bicyclic) bond motifs is 1. The molecule has 2 aromatic rings. The molecule has 0 atom stereocenters. The Bertz CT molecular complexity index is 409. The molecule has 1 aliphatic heterocycles. The first-order valence-corrected chi connectivity index (χ1v) is 6.27. The number of nitrogens with zero attached hydrogens (tertiary/aromatic N) is 2. The van der Waals surface area contributed by atoms with Gasteiger partial charge in [0.15, 0.2) is 0 Å². The van der Waals surface area contributed by atoms with Gasteiger partial charge in [-0.3, -0.25) is 0 Å². The molecule has 0 fully saturated rings. The quantitative estimate of drug-likeness (QED) is 0.802. The maximum absolute atomic E-state index is 4.62. The van der Waals surface area contributed by atoms with Gasteiger partial charge < -0.3 is 5.32 Å². The smallest absolute Gasteiger partial charge is 0.143 e. The first-order chi connectivity index (χ1) is 6.93. The van der Waals surface area contributed by atoms with Gasteiger partial charge >= 0.3 is 0 Å². The van der Waals surface area contributed by atoms with Crippen molar-refractivity contribution >= 4 is 22.7 Å². The van der Waals surface area contributed by atoms with Gasteiger partial charge in [-0.25, -0.2) is 9.97 Å². The Labute approximate surface area is 89.8 Å². The van der Waals surface area contributed by atoms with Gasteiger partial charge in [-0.2, -0.15) is 0 Å². The minimum Gasteiger partial charge on any atom is -0.311 e. The largest absolute Gasteiger partial charge is 0.311 e. The molecule has 0 saturated heterocycles. The predicted molar refractivity (Wildman–Crippen MR) is 58.6 cm³/mol. The first kappa shape index (κ1) is 8.52. The van der Waals surface area contributed by atoms with Crippen molar-refractivity contribution in [1.29, 1.82) is 0 Å². The van der Waals surface area contributed by atoms with Crippen LogP contribution < -0.4 is 5.32 Å². The summed E-state index contributed by atoms with van der Waals surface area (Å²) >= 11 is 3.38. The molecule has 72 valence electrons. The number of aromatic nitrogens is 2. The van der Waals surface area contributed by atoms with Crippen molar-refractivity contribution in [1.82, 2.24) is 15.3 Å². The Morgan fingerprint density at radius 1 is 1.43 bits per heavy atom. The van der Waals surface area contributed by atoms with E-state index < -0.39 is 0 Å². The average molecular weight is 223 g/mol. The fourth-order valence-corrected chi connectivity index (χ4v) is 3.21. The van der Waals surface area contributed by atoms with Gasteiger partial charge in [0.05, 0.1) is 11.2 Å². The van der Waals surface area contributed by atoms with E-state index in [2.05, 4.69) is 20.7 Å². The molecule has 1 N–H and O–H groups in total. The van der Waals surface area contributed by atoms with E-state index in [0.717, 1.165) is 30.2 Å². The molecule has 3 rings (SSSR count). The zero-order valence-electron chi connectivity index (χ0n) is 7.49. The highest BCUT2D eigenvalue weighted by Crippen LogP contribution is 2.29. The van der Waals surface area contributed by atoms with Crippen molar-refractivity contribution in [3.63, 3.8) is 0 Å². The summed E-state index contributed by atoms with van der Waals surface area (Å²) in [7, 11) is 0. The summed E-state index contributed by atoms with van der Waals surface area (Å²) in [5.41, 5.74) is 4.14. The number of rotatable bonds is 1. The summed E-state index contributed by atoms with van der Waals surface area (Å²) in [6.45, 7) is 2.02. The lowest BCUT2D eigenvalue weighted by Crippen LogP contribution is -2.22. The molecular formula is C9H9N3S2. The first-order valence-electron chi connectivity index (χ1n) is 4.51. The Kier molecular flexibility index (Phi) is 2.08. The fourth-order valence-electron chi connectivity index (χ4n) is 1.55. The van der Waals surface area contributed by atoms with Crippen molar-refractivity contribution in [2.75, 3.05) is 6.54 Å². The third kappa shape index (κ3) is 1.37. The second-order valence-corrected chi connectivity index (χ2v) is 4.99. The molecule has 0 unspecified atom stereocenters. The number of hydrogen-bond acceptors (Lipinski definition) is 5. The zero-order chi connectivity index (χ0) is 9.38. The summed E-state index contributed by atoms with van der Waals surface area (Å²) < 4.78 is 0. The maximum Gasteiger partial charge on any atom is 0.143 e. The van der Waals surface area contributed by atoms with Gasteiger partial charge in [-0.1, -0.05) is 0 Å². The van der Waals surface area contributed by atoms with Crippen molar-refractivity contribution in [2.45, 2.75) is 13.0 Å². The van der Waals surface area contributed by atoms with Crippen LogP contribution in [0.2, 0.25) is 0 Å². The second kappa shape index (κ2) is 3.42. The molecule has 0 aromatic carbocycles. The summed E-state index contributed by atoms with van der Waals surface area (Å²) in [6.07, 6.45) is 1.05. The molecule has 0 spiro atoms. The number of thiazole rings is 2. The van der Waals surface area contributed by atoms with Crippen LogP contribution in [0.3, 0.4) is 0 Å². The van der Waals surface area contributed by atoms with Crippen molar-refractivity contribution in [3.8, 4) is 10.7 Å². The lowest BCUT2D eigenvalue weighted by atomic mass is 10.2. The van der Waals surface area contributed by atoms with Crippen molar-refractivity contribution in [2.24, 2.45) is 0 Å². The average Bonchev–Trinajstić information content (AvgIpc) is 2.86.